The Morgan fingerprint density at radius 1 is 0.956 bits per heavy atom. The quantitative estimate of drug-likeness (QED) is 0.213. The number of cyclic esters (lactones) is 1. The second-order valence-electron chi connectivity index (χ2n) is 11.8. The van der Waals surface area contributed by atoms with Crippen molar-refractivity contribution in [2.45, 2.75) is 83.2 Å². The number of ether oxygens (including phenoxy) is 3. The van der Waals surface area contributed by atoms with Crippen LogP contribution < -0.4 is 16.0 Å². The number of hydrogen-bond donors (Lipinski definition) is 3. The Morgan fingerprint density at radius 2 is 1.69 bits per heavy atom. The first-order chi connectivity index (χ1) is 21.7. The van der Waals surface area contributed by atoms with Gasteiger partial charge in [-0.25, -0.2) is 14.0 Å². The molecule has 0 radical (unpaired) electrons. The van der Waals surface area contributed by atoms with Gasteiger partial charge in [-0.05, 0) is 54.9 Å². The molecule has 4 rings (SSSR count). The predicted octanol–water partition coefficient (Wildman–Crippen LogP) is 4.12. The number of alkyl carbamates (subject to hydrolysis) is 1. The number of amides is 3. The number of carbonyl (C=O) groups is 4. The molecule has 3 amide bonds. The SMILES string of the molecule is CC(C)C[C@H](NC(=O)[C@H](Cc1ccc(F)cc1)NC(=O)OCc1ccccc1)C(=O)NC(/C=C1\CCOC1=O)CC1CCCO1. The van der Waals surface area contributed by atoms with Crippen LogP contribution in [0.25, 0.3) is 0 Å². The minimum absolute atomic E-state index is 0.00505. The average molecular weight is 624 g/mol. The first kappa shape index (κ1) is 33.6. The molecule has 2 aromatic rings. The molecule has 2 fully saturated rings. The molecular weight excluding hydrogens is 581 g/mol. The lowest BCUT2D eigenvalue weighted by Gasteiger charge is -2.26. The lowest BCUT2D eigenvalue weighted by molar-refractivity contribution is -0.135. The van der Waals surface area contributed by atoms with Crippen LogP contribution in [0.4, 0.5) is 9.18 Å². The maximum Gasteiger partial charge on any atom is 0.408 e. The summed E-state index contributed by atoms with van der Waals surface area (Å²) in [5.41, 5.74) is 1.89. The molecule has 3 N–H and O–H groups in total. The lowest BCUT2D eigenvalue weighted by atomic mass is 9.99. The molecule has 2 aromatic carbocycles. The van der Waals surface area contributed by atoms with Gasteiger partial charge in [-0.3, -0.25) is 9.59 Å². The van der Waals surface area contributed by atoms with Crippen molar-refractivity contribution in [2.75, 3.05) is 13.2 Å². The maximum atomic E-state index is 13.7. The van der Waals surface area contributed by atoms with E-state index in [-0.39, 0.29) is 25.0 Å². The molecule has 2 saturated heterocycles. The van der Waals surface area contributed by atoms with Crippen molar-refractivity contribution >= 4 is 23.9 Å². The summed E-state index contributed by atoms with van der Waals surface area (Å²) in [7, 11) is 0. The molecule has 0 aliphatic carbocycles. The molecule has 45 heavy (non-hydrogen) atoms. The van der Waals surface area contributed by atoms with Crippen molar-refractivity contribution in [3.05, 3.63) is 83.2 Å². The fourth-order valence-electron chi connectivity index (χ4n) is 5.36. The van der Waals surface area contributed by atoms with Gasteiger partial charge in [-0.15, -0.1) is 0 Å². The van der Waals surface area contributed by atoms with Gasteiger partial charge in [0.15, 0.2) is 0 Å². The van der Waals surface area contributed by atoms with Gasteiger partial charge in [0.1, 0.15) is 24.5 Å². The zero-order valence-corrected chi connectivity index (χ0v) is 25.8. The van der Waals surface area contributed by atoms with Gasteiger partial charge in [0.05, 0.1) is 18.8 Å². The molecule has 2 heterocycles. The smallest absolute Gasteiger partial charge is 0.408 e. The number of nitrogens with one attached hydrogen (secondary N) is 3. The third kappa shape index (κ3) is 11.0. The fraction of sp³-hybridized carbons (Fsp3) is 0.471. The summed E-state index contributed by atoms with van der Waals surface area (Å²) in [5.74, 6) is -1.80. The van der Waals surface area contributed by atoms with E-state index in [0.29, 0.717) is 43.6 Å². The highest BCUT2D eigenvalue weighted by molar-refractivity contribution is 5.92. The number of carbonyl (C=O) groups excluding carboxylic acids is 4. The zero-order valence-electron chi connectivity index (χ0n) is 25.8. The van der Waals surface area contributed by atoms with Crippen molar-refractivity contribution in [1.29, 1.82) is 0 Å². The minimum Gasteiger partial charge on any atom is -0.462 e. The average Bonchev–Trinajstić information content (AvgIpc) is 3.68. The molecule has 0 aromatic heterocycles. The summed E-state index contributed by atoms with van der Waals surface area (Å²) in [6.45, 7) is 4.81. The van der Waals surface area contributed by atoms with Crippen molar-refractivity contribution in [3.63, 3.8) is 0 Å². The Labute approximate surface area is 263 Å². The highest BCUT2D eigenvalue weighted by atomic mass is 19.1. The Hall–Kier alpha value is -4.25. The van der Waals surface area contributed by atoms with E-state index in [1.807, 2.05) is 44.2 Å². The molecule has 10 nitrogen and oxygen atoms in total. The molecule has 2 aliphatic rings. The van der Waals surface area contributed by atoms with E-state index in [1.165, 1.54) is 24.3 Å². The van der Waals surface area contributed by atoms with Crippen LogP contribution in [0.3, 0.4) is 0 Å². The normalized spacial score (nSPS) is 19.1. The molecule has 0 spiro atoms. The van der Waals surface area contributed by atoms with E-state index in [1.54, 1.807) is 6.08 Å². The van der Waals surface area contributed by atoms with Crippen molar-refractivity contribution in [3.8, 4) is 0 Å². The van der Waals surface area contributed by atoms with E-state index < -0.39 is 47.8 Å². The highest BCUT2D eigenvalue weighted by Crippen LogP contribution is 2.21. The van der Waals surface area contributed by atoms with Gasteiger partial charge in [0.25, 0.3) is 0 Å². The zero-order chi connectivity index (χ0) is 32.2. The van der Waals surface area contributed by atoms with E-state index in [2.05, 4.69) is 16.0 Å². The number of benzene rings is 2. The fourth-order valence-corrected chi connectivity index (χ4v) is 5.36. The molecule has 2 unspecified atom stereocenters. The number of hydrogen-bond acceptors (Lipinski definition) is 7. The Balaban J connectivity index is 1.47. The Morgan fingerprint density at radius 3 is 2.33 bits per heavy atom. The Kier molecular flexibility index (Phi) is 12.5. The lowest BCUT2D eigenvalue weighted by Crippen LogP contribution is -2.55. The number of rotatable bonds is 14. The van der Waals surface area contributed by atoms with Gasteiger partial charge < -0.3 is 30.2 Å². The maximum absolute atomic E-state index is 13.7. The first-order valence-corrected chi connectivity index (χ1v) is 15.5. The van der Waals surface area contributed by atoms with E-state index in [4.69, 9.17) is 14.2 Å². The van der Waals surface area contributed by atoms with Crippen LogP contribution in [-0.4, -0.2) is 61.3 Å². The van der Waals surface area contributed by atoms with Gasteiger partial charge >= 0.3 is 12.1 Å². The molecule has 2 aliphatic heterocycles. The van der Waals surface area contributed by atoms with E-state index in [9.17, 15) is 23.6 Å². The van der Waals surface area contributed by atoms with Crippen LogP contribution in [0.15, 0.2) is 66.2 Å². The van der Waals surface area contributed by atoms with Crippen molar-refractivity contribution < 1.29 is 37.8 Å². The third-order valence-corrected chi connectivity index (χ3v) is 7.65. The summed E-state index contributed by atoms with van der Waals surface area (Å²) in [6.07, 6.45) is 3.93. The summed E-state index contributed by atoms with van der Waals surface area (Å²) < 4.78 is 29.8. The van der Waals surface area contributed by atoms with Crippen LogP contribution in [0.5, 0.6) is 0 Å². The second kappa shape index (κ2) is 16.7. The topological polar surface area (TPSA) is 132 Å². The standard InChI is InChI=1S/C34H42FN3O7/c1-22(2)17-29(31(39)36-27(20-28-9-6-15-43-28)19-25-14-16-44-33(25)41)37-32(40)30(18-23-10-12-26(35)13-11-23)38-34(42)45-21-24-7-4-3-5-8-24/h3-5,7-8,10-13,19,22,27-30H,6,9,14-18,20-21H2,1-2H3,(H,36,39)(H,37,40)(H,38,42)/b25-19+/t27?,28?,29-,30-/m0/s1. The van der Waals surface area contributed by atoms with Crippen LogP contribution >= 0.6 is 0 Å². The van der Waals surface area contributed by atoms with Crippen LogP contribution in [0.1, 0.15) is 57.1 Å². The molecule has 0 saturated carbocycles. The van der Waals surface area contributed by atoms with Gasteiger partial charge in [0, 0.05) is 25.0 Å². The van der Waals surface area contributed by atoms with E-state index in [0.717, 1.165) is 18.4 Å². The van der Waals surface area contributed by atoms with Crippen LogP contribution in [0.2, 0.25) is 0 Å². The van der Waals surface area contributed by atoms with Crippen LogP contribution in [-0.2, 0) is 41.6 Å². The largest absolute Gasteiger partial charge is 0.462 e. The summed E-state index contributed by atoms with van der Waals surface area (Å²) in [6, 6.07) is 12.2. The van der Waals surface area contributed by atoms with Gasteiger partial charge in [-0.2, -0.15) is 0 Å². The molecule has 242 valence electrons. The molecule has 4 atom stereocenters. The first-order valence-electron chi connectivity index (χ1n) is 15.5. The summed E-state index contributed by atoms with van der Waals surface area (Å²) in [4.78, 5) is 52.3. The summed E-state index contributed by atoms with van der Waals surface area (Å²) in [5, 5.41) is 8.44. The second-order valence-corrected chi connectivity index (χ2v) is 11.8. The highest BCUT2D eigenvalue weighted by Gasteiger charge is 2.31. The third-order valence-electron chi connectivity index (χ3n) is 7.65. The monoisotopic (exact) mass is 623 g/mol. The molecule has 11 heteroatoms. The predicted molar refractivity (Wildman–Crippen MR) is 164 cm³/mol. The Bertz CT molecular complexity index is 1330. The number of esters is 1. The molecular formula is C34H42FN3O7. The van der Waals surface area contributed by atoms with Crippen molar-refractivity contribution in [2.24, 2.45) is 5.92 Å². The van der Waals surface area contributed by atoms with Gasteiger partial charge in [0.2, 0.25) is 11.8 Å². The minimum atomic E-state index is -1.11. The van der Waals surface area contributed by atoms with Crippen molar-refractivity contribution in [1.82, 2.24) is 16.0 Å². The van der Waals surface area contributed by atoms with Crippen LogP contribution in [0, 0.1) is 11.7 Å². The van der Waals surface area contributed by atoms with E-state index >= 15 is 0 Å². The summed E-state index contributed by atoms with van der Waals surface area (Å²) >= 11 is 0. The molecule has 0 bridgehead atoms. The van der Waals surface area contributed by atoms with Gasteiger partial charge in [-0.1, -0.05) is 62.4 Å². The number of halogens is 1.